The van der Waals surface area contributed by atoms with Gasteiger partial charge in [0.1, 0.15) is 0 Å². The van der Waals surface area contributed by atoms with Gasteiger partial charge in [-0.15, -0.1) is 0 Å². The Morgan fingerprint density at radius 2 is 2.18 bits per heavy atom. The second-order valence-electron chi connectivity index (χ2n) is 4.09. The lowest BCUT2D eigenvalue weighted by Crippen LogP contribution is -2.22. The molecular formula is C13H17ClO3. The molecule has 1 aromatic rings. The van der Waals surface area contributed by atoms with Crippen molar-refractivity contribution < 1.29 is 15.0 Å². The number of halogens is 1. The molecule has 0 aliphatic carbocycles. The molecule has 0 aliphatic heterocycles. The molecule has 1 aromatic carbocycles. The van der Waals surface area contributed by atoms with Gasteiger partial charge >= 0.3 is 5.97 Å². The van der Waals surface area contributed by atoms with Crippen LogP contribution >= 0.6 is 11.6 Å². The summed E-state index contributed by atoms with van der Waals surface area (Å²) in [5, 5.41) is 19.7. The van der Waals surface area contributed by atoms with Crippen molar-refractivity contribution in [3.05, 3.63) is 34.9 Å². The van der Waals surface area contributed by atoms with Crippen molar-refractivity contribution in [3.63, 3.8) is 0 Å². The minimum absolute atomic E-state index is 0.472. The van der Waals surface area contributed by atoms with Crippen LogP contribution in [0.2, 0.25) is 5.02 Å². The van der Waals surface area contributed by atoms with Gasteiger partial charge in [-0.1, -0.05) is 43.5 Å². The number of aliphatic hydroxyl groups excluding tert-OH is 1. The molecule has 1 rings (SSSR count). The van der Waals surface area contributed by atoms with Gasteiger partial charge < -0.3 is 10.2 Å². The Morgan fingerprint density at radius 1 is 1.47 bits per heavy atom. The summed E-state index contributed by atoms with van der Waals surface area (Å²) < 4.78 is 0. The van der Waals surface area contributed by atoms with Crippen molar-refractivity contribution in [1.82, 2.24) is 0 Å². The number of rotatable bonds is 6. The second kappa shape index (κ2) is 6.62. The minimum Gasteiger partial charge on any atom is -0.481 e. The summed E-state index contributed by atoms with van der Waals surface area (Å²) in [6.45, 7) is 1.99. The molecule has 94 valence electrons. The fraction of sp³-hybridized carbons (Fsp3) is 0.462. The highest BCUT2D eigenvalue weighted by atomic mass is 35.5. The number of hydrogen-bond donors (Lipinski definition) is 2. The topological polar surface area (TPSA) is 57.5 Å². The van der Waals surface area contributed by atoms with Crippen molar-refractivity contribution in [1.29, 1.82) is 0 Å². The zero-order chi connectivity index (χ0) is 12.8. The highest BCUT2D eigenvalue weighted by molar-refractivity contribution is 6.30. The second-order valence-corrected chi connectivity index (χ2v) is 4.52. The SMILES string of the molecule is CCCCC(C(=O)O)C(O)c1cccc(Cl)c1. The van der Waals surface area contributed by atoms with Crippen molar-refractivity contribution in [2.24, 2.45) is 5.92 Å². The third kappa shape index (κ3) is 4.02. The number of unbranched alkanes of at least 4 members (excludes halogenated alkanes) is 1. The van der Waals surface area contributed by atoms with Crippen molar-refractivity contribution >= 4 is 17.6 Å². The first-order valence-corrected chi connectivity index (χ1v) is 6.10. The summed E-state index contributed by atoms with van der Waals surface area (Å²) >= 11 is 5.82. The number of carboxylic acid groups (broad SMARTS) is 1. The summed E-state index contributed by atoms with van der Waals surface area (Å²) in [5.41, 5.74) is 0.556. The van der Waals surface area contributed by atoms with Gasteiger partial charge in [-0.25, -0.2) is 0 Å². The first-order chi connectivity index (χ1) is 8.06. The molecule has 2 atom stereocenters. The van der Waals surface area contributed by atoms with Gasteiger partial charge in [0.05, 0.1) is 12.0 Å². The highest BCUT2D eigenvalue weighted by Crippen LogP contribution is 2.28. The van der Waals surface area contributed by atoms with Crippen LogP contribution in [0.5, 0.6) is 0 Å². The van der Waals surface area contributed by atoms with Gasteiger partial charge in [0.2, 0.25) is 0 Å². The van der Waals surface area contributed by atoms with E-state index in [1.807, 2.05) is 6.92 Å². The van der Waals surface area contributed by atoms with Crippen LogP contribution in [0, 0.1) is 5.92 Å². The molecule has 0 fully saturated rings. The van der Waals surface area contributed by atoms with E-state index < -0.39 is 18.0 Å². The molecule has 0 amide bonds. The highest BCUT2D eigenvalue weighted by Gasteiger charge is 2.27. The van der Waals surface area contributed by atoms with E-state index >= 15 is 0 Å². The molecule has 3 nitrogen and oxygen atoms in total. The minimum atomic E-state index is -1.00. The van der Waals surface area contributed by atoms with E-state index in [0.29, 0.717) is 17.0 Å². The lowest BCUT2D eigenvalue weighted by Gasteiger charge is -2.19. The number of carboxylic acids is 1. The molecule has 0 saturated carbocycles. The zero-order valence-electron chi connectivity index (χ0n) is 9.77. The molecule has 0 radical (unpaired) electrons. The Kier molecular flexibility index (Phi) is 5.45. The van der Waals surface area contributed by atoms with Crippen LogP contribution in [0.4, 0.5) is 0 Å². The Balaban J connectivity index is 2.83. The monoisotopic (exact) mass is 256 g/mol. The smallest absolute Gasteiger partial charge is 0.309 e. The average Bonchev–Trinajstić information content (AvgIpc) is 2.29. The maximum atomic E-state index is 11.1. The van der Waals surface area contributed by atoms with E-state index in [9.17, 15) is 9.90 Å². The molecule has 0 heterocycles. The lowest BCUT2D eigenvalue weighted by molar-refractivity contribution is -0.146. The summed E-state index contributed by atoms with van der Waals surface area (Å²) in [5.74, 6) is -1.74. The number of aliphatic carboxylic acids is 1. The van der Waals surface area contributed by atoms with E-state index in [-0.39, 0.29) is 0 Å². The molecule has 2 unspecified atom stereocenters. The summed E-state index contributed by atoms with van der Waals surface area (Å²) in [4.78, 5) is 11.1. The molecule has 2 N–H and O–H groups in total. The predicted octanol–water partition coefficient (Wildman–Crippen LogP) is 3.26. The fourth-order valence-electron chi connectivity index (χ4n) is 1.76. The quantitative estimate of drug-likeness (QED) is 0.821. The number of benzene rings is 1. The van der Waals surface area contributed by atoms with E-state index in [2.05, 4.69) is 0 Å². The zero-order valence-corrected chi connectivity index (χ0v) is 10.5. The Labute approximate surface area is 106 Å². The van der Waals surface area contributed by atoms with E-state index in [4.69, 9.17) is 16.7 Å². The van der Waals surface area contributed by atoms with Crippen LogP contribution in [0.1, 0.15) is 37.9 Å². The molecule has 0 aromatic heterocycles. The van der Waals surface area contributed by atoms with E-state index in [0.717, 1.165) is 12.8 Å². The molecule has 0 saturated heterocycles. The standard InChI is InChI=1S/C13H17ClO3/c1-2-3-7-11(13(16)17)12(15)9-5-4-6-10(14)8-9/h4-6,8,11-12,15H,2-3,7H2,1H3,(H,16,17). The van der Waals surface area contributed by atoms with Crippen LogP contribution in [0.25, 0.3) is 0 Å². The molecule has 4 heteroatoms. The van der Waals surface area contributed by atoms with Gasteiger partial charge in [0.25, 0.3) is 0 Å². The maximum absolute atomic E-state index is 11.1. The first-order valence-electron chi connectivity index (χ1n) is 5.72. The number of aliphatic hydroxyl groups is 1. The maximum Gasteiger partial charge on any atom is 0.309 e. The van der Waals surface area contributed by atoms with E-state index in [1.165, 1.54) is 0 Å². The largest absolute Gasteiger partial charge is 0.481 e. The molecular weight excluding hydrogens is 240 g/mol. The number of carbonyl (C=O) groups is 1. The van der Waals surface area contributed by atoms with Gasteiger partial charge in [-0.05, 0) is 24.1 Å². The first kappa shape index (κ1) is 14.0. The Hall–Kier alpha value is -1.06. The molecule has 17 heavy (non-hydrogen) atoms. The molecule has 0 bridgehead atoms. The van der Waals surface area contributed by atoms with Crippen molar-refractivity contribution in [2.45, 2.75) is 32.3 Å². The average molecular weight is 257 g/mol. The van der Waals surface area contributed by atoms with Gasteiger partial charge in [-0.3, -0.25) is 4.79 Å². The van der Waals surface area contributed by atoms with Gasteiger partial charge in [0.15, 0.2) is 0 Å². The van der Waals surface area contributed by atoms with Crippen LogP contribution in [-0.2, 0) is 4.79 Å². The Bertz CT molecular complexity index is 379. The molecule has 0 aliphatic rings. The van der Waals surface area contributed by atoms with Crippen LogP contribution in [0.15, 0.2) is 24.3 Å². The normalized spacial score (nSPS) is 14.3. The number of hydrogen-bond acceptors (Lipinski definition) is 2. The van der Waals surface area contributed by atoms with Crippen LogP contribution in [-0.4, -0.2) is 16.2 Å². The Morgan fingerprint density at radius 3 is 2.71 bits per heavy atom. The van der Waals surface area contributed by atoms with Gasteiger partial charge in [-0.2, -0.15) is 0 Å². The summed E-state index contributed by atoms with van der Waals surface area (Å²) in [6, 6.07) is 6.70. The third-order valence-corrected chi connectivity index (χ3v) is 2.99. The van der Waals surface area contributed by atoms with Crippen LogP contribution < -0.4 is 0 Å². The summed E-state index contributed by atoms with van der Waals surface area (Å²) in [7, 11) is 0. The van der Waals surface area contributed by atoms with Gasteiger partial charge in [0, 0.05) is 5.02 Å². The van der Waals surface area contributed by atoms with Crippen LogP contribution in [0.3, 0.4) is 0 Å². The summed E-state index contributed by atoms with van der Waals surface area (Å²) in [6.07, 6.45) is 1.16. The third-order valence-electron chi connectivity index (χ3n) is 2.76. The lowest BCUT2D eigenvalue weighted by atomic mass is 9.91. The fourth-order valence-corrected chi connectivity index (χ4v) is 1.96. The molecule has 0 spiro atoms. The van der Waals surface area contributed by atoms with Crippen molar-refractivity contribution in [3.8, 4) is 0 Å². The van der Waals surface area contributed by atoms with Crippen molar-refractivity contribution in [2.75, 3.05) is 0 Å². The van der Waals surface area contributed by atoms with E-state index in [1.54, 1.807) is 24.3 Å². The predicted molar refractivity (Wildman–Crippen MR) is 67.1 cm³/mol.